The third-order valence-electron chi connectivity index (χ3n) is 3.31. The Labute approximate surface area is 116 Å². The Kier molecular flexibility index (Phi) is 3.56. The van der Waals surface area contributed by atoms with E-state index in [-0.39, 0.29) is 0 Å². The maximum Gasteiger partial charge on any atom is 0.191 e. The van der Waals surface area contributed by atoms with Gasteiger partial charge in [-0.3, -0.25) is 0 Å². The Hall–Kier alpha value is -1.34. The summed E-state index contributed by atoms with van der Waals surface area (Å²) in [5.74, 6) is 2.96. The van der Waals surface area contributed by atoms with E-state index in [1.54, 1.807) is 11.8 Å². The van der Waals surface area contributed by atoms with E-state index in [0.717, 1.165) is 29.0 Å². The second kappa shape index (κ2) is 5.34. The molecule has 3 rings (SSSR count). The van der Waals surface area contributed by atoms with Gasteiger partial charge in [0, 0.05) is 37.7 Å². The van der Waals surface area contributed by atoms with Crippen LogP contribution in [-0.2, 0) is 20.0 Å². The zero-order chi connectivity index (χ0) is 13.2. The molecule has 1 saturated carbocycles. The van der Waals surface area contributed by atoms with Gasteiger partial charge in [0.25, 0.3) is 0 Å². The van der Waals surface area contributed by atoms with E-state index in [1.165, 1.54) is 12.8 Å². The average Bonchev–Trinajstić information content (AvgIpc) is 3.05. The van der Waals surface area contributed by atoms with Crippen LogP contribution in [0.3, 0.4) is 0 Å². The lowest BCUT2D eigenvalue weighted by atomic mass is 10.4. The van der Waals surface area contributed by atoms with Crippen molar-refractivity contribution < 1.29 is 0 Å². The molecule has 0 aromatic carbocycles. The quantitative estimate of drug-likeness (QED) is 0.802. The average molecular weight is 278 g/mol. The Morgan fingerprint density at radius 2 is 2.21 bits per heavy atom. The first kappa shape index (κ1) is 12.7. The van der Waals surface area contributed by atoms with Crippen LogP contribution in [0.25, 0.3) is 0 Å². The van der Waals surface area contributed by atoms with Gasteiger partial charge < -0.3 is 14.9 Å². The Morgan fingerprint density at radius 3 is 2.84 bits per heavy atom. The molecule has 0 saturated heterocycles. The molecule has 0 atom stereocenters. The van der Waals surface area contributed by atoms with Gasteiger partial charge in [-0.15, -0.1) is 10.2 Å². The molecule has 1 aliphatic carbocycles. The molecule has 2 N–H and O–H groups in total. The number of thioether (sulfide) groups is 1. The van der Waals surface area contributed by atoms with Gasteiger partial charge in [0.1, 0.15) is 11.6 Å². The van der Waals surface area contributed by atoms with Crippen molar-refractivity contribution in [3.63, 3.8) is 0 Å². The molecule has 0 spiro atoms. The molecule has 0 amide bonds. The lowest BCUT2D eigenvalue weighted by Gasteiger charge is -2.07. The summed E-state index contributed by atoms with van der Waals surface area (Å²) in [4.78, 5) is 4.33. The molecule has 1 aliphatic rings. The highest BCUT2D eigenvalue weighted by Crippen LogP contribution is 2.38. The number of hydrogen-bond donors (Lipinski definition) is 1. The Balaban J connectivity index is 1.64. The van der Waals surface area contributed by atoms with Crippen molar-refractivity contribution in [3.8, 4) is 0 Å². The zero-order valence-electron chi connectivity index (χ0n) is 11.0. The van der Waals surface area contributed by atoms with E-state index in [4.69, 9.17) is 5.73 Å². The van der Waals surface area contributed by atoms with E-state index in [9.17, 15) is 0 Å². The van der Waals surface area contributed by atoms with Crippen molar-refractivity contribution >= 4 is 11.8 Å². The standard InChI is InChI=1S/C12H18N6S/c1-17-6-5-14-10(17)4-7-19-12-16-15-11(8-13)18(12)9-2-3-9/h5-6,9H,2-4,7-8,13H2,1H3. The van der Waals surface area contributed by atoms with Gasteiger partial charge in [-0.05, 0) is 12.8 Å². The minimum Gasteiger partial charge on any atom is -0.338 e. The molecular weight excluding hydrogens is 260 g/mol. The van der Waals surface area contributed by atoms with Gasteiger partial charge in [-0.1, -0.05) is 11.8 Å². The van der Waals surface area contributed by atoms with Crippen molar-refractivity contribution in [3.05, 3.63) is 24.0 Å². The summed E-state index contributed by atoms with van der Waals surface area (Å²) in [6.07, 6.45) is 7.18. The third-order valence-corrected chi connectivity index (χ3v) is 4.25. The van der Waals surface area contributed by atoms with E-state index in [0.29, 0.717) is 12.6 Å². The molecule has 2 aromatic rings. The normalized spacial score (nSPS) is 15.1. The molecule has 0 unspecified atom stereocenters. The molecule has 0 radical (unpaired) electrons. The van der Waals surface area contributed by atoms with E-state index in [1.807, 2.05) is 19.4 Å². The van der Waals surface area contributed by atoms with Crippen molar-refractivity contribution in [1.82, 2.24) is 24.3 Å². The van der Waals surface area contributed by atoms with Crippen molar-refractivity contribution in [2.75, 3.05) is 5.75 Å². The highest BCUT2D eigenvalue weighted by atomic mass is 32.2. The number of imidazole rings is 1. The Bertz CT molecular complexity index is 556. The van der Waals surface area contributed by atoms with Crippen LogP contribution in [0.15, 0.2) is 17.6 Å². The van der Waals surface area contributed by atoms with Gasteiger partial charge in [0.05, 0.1) is 6.54 Å². The summed E-state index contributed by atoms with van der Waals surface area (Å²) in [6, 6.07) is 0.573. The summed E-state index contributed by atoms with van der Waals surface area (Å²) < 4.78 is 4.26. The number of hydrogen-bond acceptors (Lipinski definition) is 5. The second-order valence-corrected chi connectivity index (χ2v) is 5.82. The topological polar surface area (TPSA) is 74.6 Å². The van der Waals surface area contributed by atoms with Gasteiger partial charge in [-0.2, -0.15) is 0 Å². The predicted octanol–water partition coefficient (Wildman–Crippen LogP) is 1.14. The van der Waals surface area contributed by atoms with Crippen LogP contribution in [0.1, 0.15) is 30.5 Å². The smallest absolute Gasteiger partial charge is 0.191 e. The molecule has 0 aliphatic heterocycles. The minimum atomic E-state index is 0.462. The molecule has 2 heterocycles. The zero-order valence-corrected chi connectivity index (χ0v) is 11.8. The number of rotatable bonds is 6. The minimum absolute atomic E-state index is 0.462. The largest absolute Gasteiger partial charge is 0.338 e. The first-order valence-corrected chi connectivity index (χ1v) is 7.51. The van der Waals surface area contributed by atoms with Gasteiger partial charge in [0.2, 0.25) is 0 Å². The summed E-state index contributed by atoms with van der Waals surface area (Å²) in [5, 5.41) is 9.43. The molecule has 2 aromatic heterocycles. The van der Waals surface area contributed by atoms with E-state index in [2.05, 4.69) is 24.3 Å². The van der Waals surface area contributed by atoms with Crippen molar-refractivity contribution in [2.24, 2.45) is 12.8 Å². The van der Waals surface area contributed by atoms with Crippen LogP contribution in [0, 0.1) is 0 Å². The molecule has 6 nitrogen and oxygen atoms in total. The summed E-state index contributed by atoms with van der Waals surface area (Å²) in [7, 11) is 2.02. The van der Waals surface area contributed by atoms with E-state index < -0.39 is 0 Å². The summed E-state index contributed by atoms with van der Waals surface area (Å²) in [6.45, 7) is 0.462. The van der Waals surface area contributed by atoms with Crippen LogP contribution in [0.4, 0.5) is 0 Å². The molecule has 102 valence electrons. The fourth-order valence-electron chi connectivity index (χ4n) is 2.12. The second-order valence-electron chi connectivity index (χ2n) is 4.76. The van der Waals surface area contributed by atoms with Gasteiger partial charge >= 0.3 is 0 Å². The lowest BCUT2D eigenvalue weighted by molar-refractivity contribution is 0.626. The van der Waals surface area contributed by atoms with Crippen molar-refractivity contribution in [2.45, 2.75) is 37.0 Å². The van der Waals surface area contributed by atoms with Gasteiger partial charge in [-0.25, -0.2) is 4.98 Å². The molecular formula is C12H18N6S. The lowest BCUT2D eigenvalue weighted by Crippen LogP contribution is -2.08. The number of nitrogens with zero attached hydrogens (tertiary/aromatic N) is 5. The van der Waals surface area contributed by atoms with Crippen LogP contribution in [0.5, 0.6) is 0 Å². The summed E-state index contributed by atoms with van der Waals surface area (Å²) in [5.41, 5.74) is 5.71. The molecule has 0 bridgehead atoms. The molecule has 7 heteroatoms. The SMILES string of the molecule is Cn1ccnc1CCSc1nnc(CN)n1C1CC1. The predicted molar refractivity (Wildman–Crippen MR) is 73.8 cm³/mol. The Morgan fingerprint density at radius 1 is 1.37 bits per heavy atom. The van der Waals surface area contributed by atoms with Crippen LogP contribution >= 0.6 is 11.8 Å². The van der Waals surface area contributed by atoms with Gasteiger partial charge in [0.15, 0.2) is 5.16 Å². The first-order valence-electron chi connectivity index (χ1n) is 6.52. The molecule has 1 fully saturated rings. The van der Waals surface area contributed by atoms with Crippen LogP contribution in [-0.4, -0.2) is 30.1 Å². The highest BCUT2D eigenvalue weighted by molar-refractivity contribution is 7.99. The highest BCUT2D eigenvalue weighted by Gasteiger charge is 2.29. The maximum atomic E-state index is 5.71. The van der Waals surface area contributed by atoms with Crippen LogP contribution < -0.4 is 5.73 Å². The van der Waals surface area contributed by atoms with Crippen molar-refractivity contribution in [1.29, 1.82) is 0 Å². The summed E-state index contributed by atoms with van der Waals surface area (Å²) >= 11 is 1.74. The number of nitrogens with two attached hydrogens (primary N) is 1. The van der Waals surface area contributed by atoms with Crippen LogP contribution in [0.2, 0.25) is 0 Å². The fourth-order valence-corrected chi connectivity index (χ4v) is 3.07. The molecule has 19 heavy (non-hydrogen) atoms. The third kappa shape index (κ3) is 2.66. The maximum absolute atomic E-state index is 5.71. The van der Waals surface area contributed by atoms with E-state index >= 15 is 0 Å². The monoisotopic (exact) mass is 278 g/mol. The number of aryl methyl sites for hydroxylation is 2. The number of aromatic nitrogens is 5. The first-order chi connectivity index (χ1) is 9.29. The fraction of sp³-hybridized carbons (Fsp3) is 0.583.